The highest BCUT2D eigenvalue weighted by Crippen LogP contribution is 2.26. The number of carbonyl (C=O) groups is 6. The molecule has 2 fully saturated rings. The predicted molar refractivity (Wildman–Crippen MR) is 147 cm³/mol. The van der Waals surface area contributed by atoms with Gasteiger partial charge in [0.25, 0.3) is 5.91 Å². The van der Waals surface area contributed by atoms with Gasteiger partial charge in [-0.25, -0.2) is 9.59 Å². The summed E-state index contributed by atoms with van der Waals surface area (Å²) in [7, 11) is 0. The maximum atomic E-state index is 13.7. The lowest BCUT2D eigenvalue weighted by Crippen LogP contribution is -2.61. The highest BCUT2D eigenvalue weighted by atomic mass is 16.6. The molecule has 0 aromatic carbocycles. The molecule has 13 nitrogen and oxygen atoms in total. The number of urea groups is 1. The Morgan fingerprint density at radius 1 is 1.02 bits per heavy atom. The van der Waals surface area contributed by atoms with Gasteiger partial charge in [0.1, 0.15) is 18.7 Å². The van der Waals surface area contributed by atoms with E-state index in [1.165, 1.54) is 15.9 Å². The van der Waals surface area contributed by atoms with Crippen LogP contribution in [-0.4, -0.2) is 103 Å². The molecule has 0 aromatic heterocycles. The highest BCUT2D eigenvalue weighted by molar-refractivity contribution is 6.37. The van der Waals surface area contributed by atoms with Crippen LogP contribution in [0, 0.1) is 10.8 Å². The first-order valence-corrected chi connectivity index (χ1v) is 13.5. The lowest BCUT2D eigenvalue weighted by molar-refractivity contribution is -0.142. The van der Waals surface area contributed by atoms with Gasteiger partial charge in [0.2, 0.25) is 17.6 Å². The Labute approximate surface area is 235 Å². The molecule has 2 saturated heterocycles. The van der Waals surface area contributed by atoms with Crippen molar-refractivity contribution in [3.05, 3.63) is 12.7 Å². The van der Waals surface area contributed by atoms with Crippen molar-refractivity contribution >= 4 is 35.6 Å². The van der Waals surface area contributed by atoms with Crippen LogP contribution in [0.5, 0.6) is 0 Å². The van der Waals surface area contributed by atoms with Gasteiger partial charge in [-0.2, -0.15) is 0 Å². The Hall–Kier alpha value is -3.64. The fourth-order valence-electron chi connectivity index (χ4n) is 4.43. The smallest absolute Gasteiger partial charge is 0.410 e. The van der Waals surface area contributed by atoms with Crippen molar-refractivity contribution < 1.29 is 33.5 Å². The number of cyclic esters (lactones) is 1. The minimum atomic E-state index is -0.968. The van der Waals surface area contributed by atoms with Crippen molar-refractivity contribution in [3.8, 4) is 0 Å². The average molecular weight is 565 g/mol. The molecule has 4 N–H and O–H groups in total. The number of hydrogen-bond acceptors (Lipinski definition) is 7. The van der Waals surface area contributed by atoms with Gasteiger partial charge in [0, 0.05) is 19.6 Å². The van der Waals surface area contributed by atoms with Crippen molar-refractivity contribution in [3.63, 3.8) is 0 Å². The molecule has 0 saturated carbocycles. The maximum absolute atomic E-state index is 13.7. The second-order valence-corrected chi connectivity index (χ2v) is 12.2. The monoisotopic (exact) mass is 564 g/mol. The standard InChI is InChI=1S/C27H44N6O7/c1-8-11-28-22(36)18(34)15-29-21(35)17-10-9-12-33(17)23(37)20(27(5,6)7)31-24(38)30-19(26(2,3)4)16-32-13-14-40-25(32)39/h8,17,19-20H,1,9-16H2,2-7H3,(H,28,36)(H,29,35)(H2,30,31,38)/t17-,19+,20+/m0/s1. The first-order chi connectivity index (χ1) is 18.6. The summed E-state index contributed by atoms with van der Waals surface area (Å²) < 4.78 is 5.00. The number of nitrogens with one attached hydrogen (secondary N) is 4. The molecule has 40 heavy (non-hydrogen) atoms. The number of rotatable bonds is 11. The zero-order valence-corrected chi connectivity index (χ0v) is 24.4. The summed E-state index contributed by atoms with van der Waals surface area (Å²) >= 11 is 0. The molecule has 0 aliphatic carbocycles. The van der Waals surface area contributed by atoms with E-state index in [0.29, 0.717) is 32.5 Å². The minimum absolute atomic E-state index is 0.124. The van der Waals surface area contributed by atoms with E-state index in [-0.39, 0.29) is 13.1 Å². The Bertz CT molecular complexity index is 1000. The van der Waals surface area contributed by atoms with E-state index in [1.807, 2.05) is 41.5 Å². The molecular weight excluding hydrogens is 520 g/mol. The number of Topliss-reactive ketones (excluding diaryl/α,β-unsaturated/α-hetero) is 1. The summed E-state index contributed by atoms with van der Waals surface area (Å²) in [6.07, 6.45) is 1.95. The number of ether oxygens (including phenoxy) is 1. The van der Waals surface area contributed by atoms with E-state index in [0.717, 1.165) is 0 Å². The molecule has 2 aliphatic rings. The highest BCUT2D eigenvalue weighted by Gasteiger charge is 2.42. The van der Waals surface area contributed by atoms with Crippen molar-refractivity contribution in [2.24, 2.45) is 10.8 Å². The number of nitrogens with zero attached hydrogens (tertiary/aromatic N) is 2. The maximum Gasteiger partial charge on any atom is 0.410 e. The van der Waals surface area contributed by atoms with Crippen molar-refractivity contribution in [2.75, 3.05) is 39.3 Å². The second-order valence-electron chi connectivity index (χ2n) is 12.2. The summed E-state index contributed by atoms with van der Waals surface area (Å²) in [6.45, 7) is 15.6. The van der Waals surface area contributed by atoms with Gasteiger partial charge in [0.05, 0.1) is 19.1 Å². The average Bonchev–Trinajstić information content (AvgIpc) is 3.51. The lowest BCUT2D eigenvalue weighted by Gasteiger charge is -2.37. The first-order valence-electron chi connectivity index (χ1n) is 13.5. The minimum Gasteiger partial charge on any atom is -0.448 e. The topological polar surface area (TPSA) is 166 Å². The van der Waals surface area contributed by atoms with Gasteiger partial charge in [-0.15, -0.1) is 6.58 Å². The molecule has 13 heteroatoms. The third kappa shape index (κ3) is 8.95. The quantitative estimate of drug-likeness (QED) is 0.210. The third-order valence-corrected chi connectivity index (χ3v) is 6.91. The van der Waals surface area contributed by atoms with Crippen LogP contribution in [0.1, 0.15) is 54.4 Å². The van der Waals surface area contributed by atoms with Crippen LogP contribution in [0.15, 0.2) is 12.7 Å². The van der Waals surface area contributed by atoms with E-state index in [1.54, 1.807) is 0 Å². The summed E-state index contributed by atoms with van der Waals surface area (Å²) in [5, 5.41) is 10.5. The van der Waals surface area contributed by atoms with Gasteiger partial charge in [0.15, 0.2) is 0 Å². The van der Waals surface area contributed by atoms with E-state index in [9.17, 15) is 28.8 Å². The SMILES string of the molecule is C=CCNC(=O)C(=O)CNC(=O)[C@@H]1CCCN1C(=O)[C@@H](NC(=O)N[C@H](CN1CCOC1=O)C(C)(C)C)C(C)(C)C. The van der Waals surface area contributed by atoms with Gasteiger partial charge < -0.3 is 35.8 Å². The van der Waals surface area contributed by atoms with Crippen LogP contribution >= 0.6 is 0 Å². The zero-order valence-electron chi connectivity index (χ0n) is 24.4. The fraction of sp³-hybridized carbons (Fsp3) is 0.704. The summed E-state index contributed by atoms with van der Waals surface area (Å²) in [5.74, 6) is -2.62. The van der Waals surface area contributed by atoms with Crippen molar-refractivity contribution in [2.45, 2.75) is 72.5 Å². The van der Waals surface area contributed by atoms with E-state index >= 15 is 0 Å². The Balaban J connectivity index is 2.08. The molecule has 0 bridgehead atoms. The Morgan fingerprint density at radius 3 is 2.25 bits per heavy atom. The normalized spacial score (nSPS) is 18.9. The summed E-state index contributed by atoms with van der Waals surface area (Å²) in [6, 6.07) is -2.81. The third-order valence-electron chi connectivity index (χ3n) is 6.91. The van der Waals surface area contributed by atoms with Gasteiger partial charge in [-0.3, -0.25) is 19.2 Å². The molecule has 2 heterocycles. The summed E-state index contributed by atoms with van der Waals surface area (Å²) in [4.78, 5) is 78.5. The molecule has 0 aromatic rings. The van der Waals surface area contributed by atoms with Crippen LogP contribution in [0.2, 0.25) is 0 Å². The Kier molecular flexibility index (Phi) is 11.1. The molecule has 6 amide bonds. The van der Waals surface area contributed by atoms with Gasteiger partial charge in [-0.05, 0) is 23.7 Å². The molecule has 0 unspecified atom stereocenters. The van der Waals surface area contributed by atoms with Gasteiger partial charge >= 0.3 is 12.1 Å². The molecule has 2 rings (SSSR count). The number of likely N-dealkylation sites (tertiary alicyclic amines) is 1. The predicted octanol–water partition coefficient (Wildman–Crippen LogP) is 0.546. The molecular formula is C27H44N6O7. The number of hydrogen-bond donors (Lipinski definition) is 4. The van der Waals surface area contributed by atoms with Crippen LogP contribution in [0.4, 0.5) is 9.59 Å². The van der Waals surface area contributed by atoms with Crippen LogP contribution in [0.25, 0.3) is 0 Å². The lowest BCUT2D eigenvalue weighted by atomic mass is 9.85. The van der Waals surface area contributed by atoms with Crippen molar-refractivity contribution in [1.82, 2.24) is 31.1 Å². The molecule has 224 valence electrons. The molecule has 0 spiro atoms. The van der Waals surface area contributed by atoms with Crippen LogP contribution in [0.3, 0.4) is 0 Å². The second kappa shape index (κ2) is 13.6. The molecule has 0 radical (unpaired) electrons. The van der Waals surface area contributed by atoms with E-state index in [2.05, 4.69) is 27.8 Å². The number of carbonyl (C=O) groups excluding carboxylic acids is 6. The number of amides is 6. The van der Waals surface area contributed by atoms with Gasteiger partial charge in [-0.1, -0.05) is 47.6 Å². The van der Waals surface area contributed by atoms with E-state index in [4.69, 9.17) is 4.74 Å². The summed E-state index contributed by atoms with van der Waals surface area (Å²) in [5.41, 5.74) is -1.10. The zero-order chi connectivity index (χ0) is 30.3. The molecule has 3 atom stereocenters. The van der Waals surface area contributed by atoms with Crippen molar-refractivity contribution in [1.29, 1.82) is 0 Å². The fourth-order valence-corrected chi connectivity index (χ4v) is 4.43. The Morgan fingerprint density at radius 2 is 1.70 bits per heavy atom. The van der Waals surface area contributed by atoms with Crippen LogP contribution < -0.4 is 21.3 Å². The molecule has 2 aliphatic heterocycles. The van der Waals surface area contributed by atoms with E-state index < -0.39 is 71.1 Å². The van der Waals surface area contributed by atoms with Crippen LogP contribution in [-0.2, 0) is 23.9 Å². The largest absolute Gasteiger partial charge is 0.448 e. The first kappa shape index (κ1) is 32.6. The number of ketones is 1.